The average Bonchev–Trinajstić information content (AvgIpc) is 2.89. The van der Waals surface area contributed by atoms with Crippen molar-refractivity contribution >= 4 is 17.1 Å². The lowest BCUT2D eigenvalue weighted by atomic mass is 9.71. The van der Waals surface area contributed by atoms with E-state index in [1.54, 1.807) is 13.2 Å². The number of rotatable bonds is 4. The molecule has 6 heteroatoms. The Balaban J connectivity index is 1.65. The summed E-state index contributed by atoms with van der Waals surface area (Å²) < 4.78 is 7.77. The molecule has 24 heavy (non-hydrogen) atoms. The van der Waals surface area contributed by atoms with Crippen LogP contribution in [0.5, 0.6) is 0 Å². The van der Waals surface area contributed by atoms with Gasteiger partial charge in [0.2, 0.25) is 5.95 Å². The Morgan fingerprint density at radius 3 is 2.88 bits per heavy atom. The Kier molecular flexibility index (Phi) is 3.50. The largest absolute Gasteiger partial charge is 0.379 e. The molecule has 1 fully saturated rings. The minimum Gasteiger partial charge on any atom is -0.379 e. The molecule has 3 atom stereocenters. The molecule has 126 valence electrons. The minimum atomic E-state index is -0.0955. The summed E-state index contributed by atoms with van der Waals surface area (Å²) in [7, 11) is 1.78. The molecule has 0 bridgehead atoms. The lowest BCUT2D eigenvalue weighted by Crippen LogP contribution is -2.47. The summed E-state index contributed by atoms with van der Waals surface area (Å²) >= 11 is 0. The molecule has 0 amide bonds. The van der Waals surface area contributed by atoms with Gasteiger partial charge in [-0.3, -0.25) is 4.57 Å². The number of nitrogens with zero attached hydrogens (tertiary/aromatic N) is 4. The number of aromatic nitrogens is 3. The molecule has 3 heterocycles. The Morgan fingerprint density at radius 1 is 1.38 bits per heavy atom. The van der Waals surface area contributed by atoms with Gasteiger partial charge in [-0.05, 0) is 51.7 Å². The maximum absolute atomic E-state index is 9.11. The van der Waals surface area contributed by atoms with Gasteiger partial charge >= 0.3 is 0 Å². The van der Waals surface area contributed by atoms with Crippen LogP contribution in [0.25, 0.3) is 11.2 Å². The Hall–Kier alpha value is -2.13. The van der Waals surface area contributed by atoms with Gasteiger partial charge in [0.25, 0.3) is 0 Å². The first-order valence-electron chi connectivity index (χ1n) is 8.63. The smallest absolute Gasteiger partial charge is 0.205 e. The first kappa shape index (κ1) is 15.4. The molecule has 1 saturated carbocycles. The fraction of sp³-hybridized carbons (Fsp3) is 0.611. The van der Waals surface area contributed by atoms with E-state index in [-0.39, 0.29) is 5.60 Å². The van der Waals surface area contributed by atoms with E-state index in [0.29, 0.717) is 23.7 Å². The number of pyridine rings is 1. The molecule has 0 saturated heterocycles. The number of imidazole rings is 1. The van der Waals surface area contributed by atoms with Gasteiger partial charge in [-0.25, -0.2) is 9.97 Å². The fourth-order valence-corrected chi connectivity index (χ4v) is 3.91. The molecule has 0 radical (unpaired) electrons. The van der Waals surface area contributed by atoms with Gasteiger partial charge in [0.15, 0.2) is 5.65 Å². The highest BCUT2D eigenvalue weighted by molar-refractivity contribution is 5.76. The van der Waals surface area contributed by atoms with Gasteiger partial charge in [-0.1, -0.05) is 0 Å². The highest BCUT2D eigenvalue weighted by atomic mass is 16.5. The monoisotopic (exact) mass is 325 g/mol. The summed E-state index contributed by atoms with van der Waals surface area (Å²) in [6.07, 6.45) is 4.48. The summed E-state index contributed by atoms with van der Waals surface area (Å²) in [6, 6.07) is 6.63. The fourth-order valence-electron chi connectivity index (χ4n) is 3.91. The third kappa shape index (κ3) is 2.35. The summed E-state index contributed by atoms with van der Waals surface area (Å²) in [4.78, 5) is 9.20. The Labute approximate surface area is 141 Å². The predicted octanol–water partition coefficient (Wildman–Crippen LogP) is 3.25. The third-order valence-electron chi connectivity index (χ3n) is 5.71. The van der Waals surface area contributed by atoms with Crippen molar-refractivity contribution in [2.24, 2.45) is 5.92 Å². The third-order valence-corrected chi connectivity index (χ3v) is 5.71. The van der Waals surface area contributed by atoms with E-state index in [2.05, 4.69) is 34.8 Å². The Morgan fingerprint density at radius 2 is 2.21 bits per heavy atom. The van der Waals surface area contributed by atoms with E-state index < -0.39 is 0 Å². The number of nitrogens with one attached hydrogen (secondary N) is 1. The van der Waals surface area contributed by atoms with Gasteiger partial charge in [0, 0.05) is 25.1 Å². The van der Waals surface area contributed by atoms with Crippen molar-refractivity contribution in [1.82, 2.24) is 14.5 Å². The van der Waals surface area contributed by atoms with Crippen LogP contribution < -0.4 is 5.32 Å². The molecule has 0 aromatic carbocycles. The molecule has 1 aliphatic heterocycles. The van der Waals surface area contributed by atoms with Crippen molar-refractivity contribution in [2.45, 2.75) is 57.2 Å². The average molecular weight is 325 g/mol. The van der Waals surface area contributed by atoms with E-state index in [1.165, 1.54) is 6.42 Å². The van der Waals surface area contributed by atoms with Crippen LogP contribution >= 0.6 is 0 Å². The number of fused-ring (bicyclic) bond motifs is 5. The van der Waals surface area contributed by atoms with Crippen LogP contribution in [-0.2, 0) is 4.74 Å². The number of anilines is 1. The molecule has 6 nitrogen and oxygen atoms in total. The molecule has 0 spiro atoms. The van der Waals surface area contributed by atoms with Crippen molar-refractivity contribution < 1.29 is 4.74 Å². The molecule has 3 unspecified atom stereocenters. The SMILES string of the molecule is COC(C)(C)CCC1Nc2nc3ccc(C#N)nc3n2C2CCC12. The lowest BCUT2D eigenvalue weighted by Gasteiger charge is -2.47. The zero-order valence-corrected chi connectivity index (χ0v) is 14.4. The normalized spacial score (nSPS) is 25.3. The topological polar surface area (TPSA) is 75.8 Å². The minimum absolute atomic E-state index is 0.0955. The second-order valence-corrected chi connectivity index (χ2v) is 7.52. The van der Waals surface area contributed by atoms with Gasteiger partial charge in [-0.2, -0.15) is 5.26 Å². The standard InChI is InChI=1S/C18H23N5O/c1-18(2,24-3)9-8-13-12-5-7-15(12)23-16-14(22-17(23)21-13)6-4-11(10-19)20-16/h4,6,12-13,15H,5,7-9H2,1-3H3,(H,21,22). The van der Waals surface area contributed by atoms with E-state index in [1.807, 2.05) is 6.07 Å². The van der Waals surface area contributed by atoms with Gasteiger partial charge in [-0.15, -0.1) is 0 Å². The van der Waals surface area contributed by atoms with Crippen LogP contribution in [0, 0.1) is 17.2 Å². The van der Waals surface area contributed by atoms with Gasteiger partial charge in [0.1, 0.15) is 17.3 Å². The summed E-state index contributed by atoms with van der Waals surface area (Å²) in [5.74, 6) is 1.50. The van der Waals surface area contributed by atoms with Gasteiger partial charge < -0.3 is 10.1 Å². The molecule has 4 rings (SSSR count). The molecular formula is C18H23N5O. The molecule has 2 aromatic rings. The van der Waals surface area contributed by atoms with Crippen molar-refractivity contribution in [3.8, 4) is 6.07 Å². The molecule has 2 aromatic heterocycles. The Bertz CT molecular complexity index is 819. The highest BCUT2D eigenvalue weighted by Crippen LogP contribution is 2.48. The highest BCUT2D eigenvalue weighted by Gasteiger charge is 2.44. The van der Waals surface area contributed by atoms with Gasteiger partial charge in [0.05, 0.1) is 5.60 Å². The van der Waals surface area contributed by atoms with E-state index in [0.717, 1.165) is 36.4 Å². The first-order chi connectivity index (χ1) is 11.5. The number of ether oxygens (including phenoxy) is 1. The zero-order chi connectivity index (χ0) is 16.9. The molecule has 2 aliphatic rings. The first-order valence-corrected chi connectivity index (χ1v) is 8.63. The van der Waals surface area contributed by atoms with Crippen LogP contribution in [0.15, 0.2) is 12.1 Å². The predicted molar refractivity (Wildman–Crippen MR) is 91.7 cm³/mol. The number of nitriles is 1. The molecular weight excluding hydrogens is 302 g/mol. The summed E-state index contributed by atoms with van der Waals surface area (Å²) in [6.45, 7) is 4.27. The maximum Gasteiger partial charge on any atom is 0.205 e. The summed E-state index contributed by atoms with van der Waals surface area (Å²) in [5.41, 5.74) is 2.05. The quantitative estimate of drug-likeness (QED) is 0.934. The second-order valence-electron chi connectivity index (χ2n) is 7.52. The molecule has 1 aliphatic carbocycles. The van der Waals surface area contributed by atoms with Crippen LogP contribution in [0.2, 0.25) is 0 Å². The zero-order valence-electron chi connectivity index (χ0n) is 14.4. The molecule has 1 N–H and O–H groups in total. The number of methoxy groups -OCH3 is 1. The van der Waals surface area contributed by atoms with E-state index in [9.17, 15) is 0 Å². The van der Waals surface area contributed by atoms with E-state index >= 15 is 0 Å². The van der Waals surface area contributed by atoms with Crippen molar-refractivity contribution in [2.75, 3.05) is 12.4 Å². The van der Waals surface area contributed by atoms with Crippen molar-refractivity contribution in [1.29, 1.82) is 5.26 Å². The number of hydrogen-bond acceptors (Lipinski definition) is 5. The van der Waals surface area contributed by atoms with Crippen LogP contribution in [0.4, 0.5) is 5.95 Å². The van der Waals surface area contributed by atoms with Crippen LogP contribution in [-0.4, -0.2) is 33.3 Å². The van der Waals surface area contributed by atoms with Crippen molar-refractivity contribution in [3.63, 3.8) is 0 Å². The lowest BCUT2D eigenvalue weighted by molar-refractivity contribution is 0.00841. The summed E-state index contributed by atoms with van der Waals surface area (Å²) in [5, 5.41) is 12.7. The van der Waals surface area contributed by atoms with Crippen LogP contribution in [0.3, 0.4) is 0 Å². The maximum atomic E-state index is 9.11. The van der Waals surface area contributed by atoms with E-state index in [4.69, 9.17) is 15.0 Å². The van der Waals surface area contributed by atoms with Crippen LogP contribution in [0.1, 0.15) is 51.3 Å². The second kappa shape index (κ2) is 5.45. The number of hydrogen-bond donors (Lipinski definition) is 1. The van der Waals surface area contributed by atoms with Crippen molar-refractivity contribution in [3.05, 3.63) is 17.8 Å².